The van der Waals surface area contributed by atoms with Crippen LogP contribution in [0.4, 0.5) is 17.6 Å². The second-order valence-electron chi connectivity index (χ2n) is 4.26. The predicted octanol–water partition coefficient (Wildman–Crippen LogP) is 4.34. The third-order valence-electron chi connectivity index (χ3n) is 2.69. The standard InChI is InChI=1S/C15H10F4O4/c1-21-14-7-10(16)2-4-13(14)22-12-5-3-11(6-9(12)8-20)23-15(17,18)19/h2-8H,1H3. The summed E-state index contributed by atoms with van der Waals surface area (Å²) in [5.74, 6) is -0.977. The van der Waals surface area contributed by atoms with E-state index in [4.69, 9.17) is 9.47 Å². The van der Waals surface area contributed by atoms with Gasteiger partial charge < -0.3 is 14.2 Å². The van der Waals surface area contributed by atoms with Crippen molar-refractivity contribution in [3.63, 3.8) is 0 Å². The molecule has 0 saturated heterocycles. The molecule has 0 bridgehead atoms. The SMILES string of the molecule is COc1cc(F)ccc1Oc1ccc(OC(F)(F)F)cc1C=O. The zero-order chi connectivity index (χ0) is 17.0. The average Bonchev–Trinajstić information content (AvgIpc) is 2.48. The molecule has 0 N–H and O–H groups in total. The van der Waals surface area contributed by atoms with Crippen LogP contribution in [-0.4, -0.2) is 19.8 Å². The fourth-order valence-corrected chi connectivity index (χ4v) is 1.75. The van der Waals surface area contributed by atoms with Crippen molar-refractivity contribution < 1.29 is 36.6 Å². The van der Waals surface area contributed by atoms with E-state index >= 15 is 0 Å². The lowest BCUT2D eigenvalue weighted by molar-refractivity contribution is -0.274. The van der Waals surface area contributed by atoms with E-state index in [0.717, 1.165) is 30.3 Å². The molecule has 0 saturated carbocycles. The quantitative estimate of drug-likeness (QED) is 0.604. The van der Waals surface area contributed by atoms with Crippen molar-refractivity contribution in [1.82, 2.24) is 0 Å². The van der Waals surface area contributed by atoms with Crippen LogP contribution in [0.15, 0.2) is 36.4 Å². The van der Waals surface area contributed by atoms with Gasteiger partial charge in [0, 0.05) is 6.07 Å². The molecular weight excluding hydrogens is 320 g/mol. The molecule has 0 aliphatic carbocycles. The summed E-state index contributed by atoms with van der Waals surface area (Å²) in [5, 5.41) is 0. The van der Waals surface area contributed by atoms with Crippen LogP contribution in [0.5, 0.6) is 23.0 Å². The van der Waals surface area contributed by atoms with Gasteiger partial charge in [0.15, 0.2) is 17.8 Å². The monoisotopic (exact) mass is 330 g/mol. The average molecular weight is 330 g/mol. The molecule has 0 spiro atoms. The number of ether oxygens (including phenoxy) is 3. The van der Waals surface area contributed by atoms with Gasteiger partial charge in [0.1, 0.15) is 17.3 Å². The van der Waals surface area contributed by atoms with Crippen LogP contribution in [-0.2, 0) is 0 Å². The first-order chi connectivity index (χ1) is 10.8. The highest BCUT2D eigenvalue weighted by Gasteiger charge is 2.31. The van der Waals surface area contributed by atoms with Gasteiger partial charge in [0.05, 0.1) is 12.7 Å². The zero-order valence-corrected chi connectivity index (χ0v) is 11.7. The lowest BCUT2D eigenvalue weighted by Gasteiger charge is -2.13. The van der Waals surface area contributed by atoms with Gasteiger partial charge in [-0.3, -0.25) is 4.79 Å². The van der Waals surface area contributed by atoms with E-state index < -0.39 is 17.9 Å². The molecule has 0 atom stereocenters. The maximum absolute atomic E-state index is 13.1. The number of aldehydes is 1. The van der Waals surface area contributed by atoms with Gasteiger partial charge in [0.25, 0.3) is 0 Å². The number of carbonyl (C=O) groups excluding carboxylic acids is 1. The highest BCUT2D eigenvalue weighted by Crippen LogP contribution is 2.35. The van der Waals surface area contributed by atoms with Gasteiger partial charge in [-0.1, -0.05) is 0 Å². The van der Waals surface area contributed by atoms with E-state index in [1.54, 1.807) is 0 Å². The van der Waals surface area contributed by atoms with Gasteiger partial charge in [-0.25, -0.2) is 4.39 Å². The van der Waals surface area contributed by atoms with Crippen LogP contribution in [0.25, 0.3) is 0 Å². The Morgan fingerprint density at radius 1 is 1.00 bits per heavy atom. The van der Waals surface area contributed by atoms with E-state index in [2.05, 4.69) is 4.74 Å². The Bertz CT molecular complexity index is 713. The van der Waals surface area contributed by atoms with Crippen LogP contribution in [0.3, 0.4) is 0 Å². The van der Waals surface area contributed by atoms with Crippen LogP contribution in [0.1, 0.15) is 10.4 Å². The molecular formula is C15H10F4O4. The first-order valence-electron chi connectivity index (χ1n) is 6.19. The Balaban J connectivity index is 2.32. The van der Waals surface area contributed by atoms with Crippen molar-refractivity contribution in [3.8, 4) is 23.0 Å². The number of hydrogen-bond acceptors (Lipinski definition) is 4. The molecule has 2 rings (SSSR count). The molecule has 8 heteroatoms. The minimum atomic E-state index is -4.87. The van der Waals surface area contributed by atoms with Crippen molar-refractivity contribution in [2.75, 3.05) is 7.11 Å². The van der Waals surface area contributed by atoms with Crippen LogP contribution < -0.4 is 14.2 Å². The molecule has 2 aromatic carbocycles. The summed E-state index contributed by atoms with van der Waals surface area (Å²) in [6.45, 7) is 0. The molecule has 0 heterocycles. The van der Waals surface area contributed by atoms with Crippen molar-refractivity contribution in [3.05, 3.63) is 47.8 Å². The van der Waals surface area contributed by atoms with Crippen LogP contribution >= 0.6 is 0 Å². The first-order valence-corrected chi connectivity index (χ1v) is 6.19. The van der Waals surface area contributed by atoms with Crippen LogP contribution in [0.2, 0.25) is 0 Å². The molecule has 23 heavy (non-hydrogen) atoms. The van der Waals surface area contributed by atoms with Gasteiger partial charge in [0.2, 0.25) is 0 Å². The van der Waals surface area contributed by atoms with E-state index in [0.29, 0.717) is 6.29 Å². The molecule has 0 unspecified atom stereocenters. The number of benzene rings is 2. The minimum absolute atomic E-state index is 0.0283. The van der Waals surface area contributed by atoms with Gasteiger partial charge in [-0.05, 0) is 30.3 Å². The summed E-state index contributed by atoms with van der Waals surface area (Å²) in [4.78, 5) is 11.0. The molecule has 0 aliphatic rings. The minimum Gasteiger partial charge on any atom is -0.493 e. The van der Waals surface area contributed by atoms with Crippen molar-refractivity contribution >= 4 is 6.29 Å². The molecule has 0 amide bonds. The lowest BCUT2D eigenvalue weighted by Crippen LogP contribution is -2.17. The summed E-state index contributed by atoms with van der Waals surface area (Å²) < 4.78 is 63.7. The number of methoxy groups -OCH3 is 1. The lowest BCUT2D eigenvalue weighted by atomic mass is 10.2. The number of alkyl halides is 3. The fraction of sp³-hybridized carbons (Fsp3) is 0.133. The highest BCUT2D eigenvalue weighted by molar-refractivity contribution is 5.80. The number of hydrogen-bond donors (Lipinski definition) is 0. The highest BCUT2D eigenvalue weighted by atomic mass is 19.4. The normalized spacial score (nSPS) is 11.0. The fourth-order valence-electron chi connectivity index (χ4n) is 1.75. The Kier molecular flexibility index (Phi) is 4.73. The topological polar surface area (TPSA) is 44.8 Å². The van der Waals surface area contributed by atoms with E-state index in [-0.39, 0.29) is 22.8 Å². The summed E-state index contributed by atoms with van der Waals surface area (Å²) in [6.07, 6.45) is -4.56. The van der Waals surface area contributed by atoms with Crippen molar-refractivity contribution in [1.29, 1.82) is 0 Å². The summed E-state index contributed by atoms with van der Waals surface area (Å²) in [7, 11) is 1.29. The van der Waals surface area contributed by atoms with Crippen LogP contribution in [0, 0.1) is 5.82 Å². The maximum atomic E-state index is 13.1. The Labute approximate surface area is 128 Å². The third-order valence-corrected chi connectivity index (χ3v) is 2.69. The maximum Gasteiger partial charge on any atom is 0.573 e. The number of rotatable bonds is 5. The Morgan fingerprint density at radius 2 is 1.70 bits per heavy atom. The largest absolute Gasteiger partial charge is 0.573 e. The second-order valence-corrected chi connectivity index (χ2v) is 4.26. The second kappa shape index (κ2) is 6.55. The smallest absolute Gasteiger partial charge is 0.493 e. The van der Waals surface area contributed by atoms with Crippen molar-refractivity contribution in [2.24, 2.45) is 0 Å². The molecule has 0 aromatic heterocycles. The summed E-state index contributed by atoms with van der Waals surface area (Å²) >= 11 is 0. The van der Waals surface area contributed by atoms with E-state index in [1.165, 1.54) is 13.2 Å². The molecule has 0 aliphatic heterocycles. The summed E-state index contributed by atoms with van der Waals surface area (Å²) in [6, 6.07) is 6.45. The van der Waals surface area contributed by atoms with E-state index in [1.807, 2.05) is 0 Å². The molecule has 4 nitrogen and oxygen atoms in total. The van der Waals surface area contributed by atoms with E-state index in [9.17, 15) is 22.4 Å². The summed E-state index contributed by atoms with van der Waals surface area (Å²) in [5.41, 5.74) is -0.168. The van der Waals surface area contributed by atoms with Gasteiger partial charge >= 0.3 is 6.36 Å². The molecule has 0 fully saturated rings. The molecule has 122 valence electrons. The molecule has 2 aromatic rings. The first kappa shape index (κ1) is 16.6. The number of halogens is 4. The third kappa shape index (κ3) is 4.35. The van der Waals surface area contributed by atoms with Gasteiger partial charge in [-0.2, -0.15) is 0 Å². The Morgan fingerprint density at radius 3 is 2.30 bits per heavy atom. The predicted molar refractivity (Wildman–Crippen MR) is 71.5 cm³/mol. The molecule has 0 radical (unpaired) electrons. The number of carbonyl (C=O) groups is 1. The van der Waals surface area contributed by atoms with Crippen molar-refractivity contribution in [2.45, 2.75) is 6.36 Å². The van der Waals surface area contributed by atoms with Gasteiger partial charge in [-0.15, -0.1) is 13.2 Å². The zero-order valence-electron chi connectivity index (χ0n) is 11.7. The Hall–Kier alpha value is -2.77.